The number of amides is 3. The normalized spacial score (nSPS) is 21.8. The van der Waals surface area contributed by atoms with Gasteiger partial charge >= 0.3 is 12.1 Å². The number of benzene rings is 2. The summed E-state index contributed by atoms with van der Waals surface area (Å²) in [4.78, 5) is 32.5. The van der Waals surface area contributed by atoms with Gasteiger partial charge in [0.1, 0.15) is 5.60 Å². The topological polar surface area (TPSA) is 65.1 Å². The molecule has 7 nitrogen and oxygen atoms in total. The Labute approximate surface area is 247 Å². The summed E-state index contributed by atoms with van der Waals surface area (Å²) < 4.78 is 5.69. The van der Waals surface area contributed by atoms with Crippen LogP contribution in [0.25, 0.3) is 0 Å². The highest BCUT2D eigenvalue weighted by molar-refractivity contribution is 5.74. The maximum Gasteiger partial charge on any atom is 0.410 e. The molecule has 224 valence electrons. The summed E-state index contributed by atoms with van der Waals surface area (Å²) in [7, 11) is 1.89. The molecule has 4 rings (SSSR count). The van der Waals surface area contributed by atoms with Gasteiger partial charge in [0.25, 0.3) is 0 Å². The van der Waals surface area contributed by atoms with Crippen LogP contribution in [-0.4, -0.2) is 77.7 Å². The third-order valence-electron chi connectivity index (χ3n) is 8.63. The van der Waals surface area contributed by atoms with Crippen LogP contribution in [0.5, 0.6) is 0 Å². The van der Waals surface area contributed by atoms with Crippen LogP contribution >= 0.6 is 0 Å². The van der Waals surface area contributed by atoms with Crippen molar-refractivity contribution < 1.29 is 14.3 Å². The average molecular weight is 563 g/mol. The molecule has 0 aromatic heterocycles. The molecule has 7 heteroatoms. The quantitative estimate of drug-likeness (QED) is 0.379. The number of urea groups is 1. The van der Waals surface area contributed by atoms with Gasteiger partial charge in [-0.3, -0.25) is 0 Å². The van der Waals surface area contributed by atoms with Crippen molar-refractivity contribution in [1.29, 1.82) is 0 Å². The van der Waals surface area contributed by atoms with E-state index in [0.29, 0.717) is 18.4 Å². The summed E-state index contributed by atoms with van der Waals surface area (Å²) in [6, 6.07) is 21.3. The van der Waals surface area contributed by atoms with E-state index in [-0.39, 0.29) is 24.2 Å². The Hall–Kier alpha value is -3.06. The Bertz CT molecular complexity index is 1100. The lowest BCUT2D eigenvalue weighted by molar-refractivity contribution is 0.0221. The number of ether oxygens (including phenoxy) is 1. The molecular weight excluding hydrogens is 512 g/mol. The number of nitrogens with one attached hydrogen (secondary N) is 1. The van der Waals surface area contributed by atoms with Crippen molar-refractivity contribution in [2.75, 3.05) is 33.2 Å². The molecule has 0 radical (unpaired) electrons. The fourth-order valence-electron chi connectivity index (χ4n) is 6.52. The predicted octanol–water partition coefficient (Wildman–Crippen LogP) is 6.50. The van der Waals surface area contributed by atoms with E-state index in [1.807, 2.05) is 63.1 Å². The van der Waals surface area contributed by atoms with Crippen LogP contribution in [0.2, 0.25) is 0 Å². The molecule has 0 spiro atoms. The summed E-state index contributed by atoms with van der Waals surface area (Å²) in [5.41, 5.74) is 1.97. The molecule has 1 saturated carbocycles. The van der Waals surface area contributed by atoms with Gasteiger partial charge in [0.2, 0.25) is 0 Å². The number of hydrogen-bond acceptors (Lipinski definition) is 4. The van der Waals surface area contributed by atoms with E-state index in [1.165, 1.54) is 5.56 Å². The van der Waals surface area contributed by atoms with Crippen molar-refractivity contribution >= 4 is 12.1 Å². The zero-order valence-corrected chi connectivity index (χ0v) is 25.7. The molecule has 1 aliphatic heterocycles. The minimum atomic E-state index is -0.503. The number of piperidine rings is 1. The van der Waals surface area contributed by atoms with E-state index in [2.05, 4.69) is 52.4 Å². The van der Waals surface area contributed by atoms with Gasteiger partial charge in [-0.2, -0.15) is 0 Å². The number of hydrogen-bond donors (Lipinski definition) is 1. The van der Waals surface area contributed by atoms with Gasteiger partial charge in [-0.1, -0.05) is 67.6 Å². The molecule has 2 aliphatic rings. The van der Waals surface area contributed by atoms with Crippen LogP contribution in [0, 0.1) is 5.92 Å². The molecule has 2 aromatic carbocycles. The summed E-state index contributed by atoms with van der Waals surface area (Å²) >= 11 is 0. The Kier molecular flexibility index (Phi) is 10.7. The van der Waals surface area contributed by atoms with Gasteiger partial charge in [-0.05, 0) is 75.8 Å². The molecular formula is C34H50N4O3. The second-order valence-corrected chi connectivity index (χ2v) is 12.9. The smallest absolute Gasteiger partial charge is 0.410 e. The van der Waals surface area contributed by atoms with Crippen molar-refractivity contribution in [3.63, 3.8) is 0 Å². The number of rotatable bonds is 9. The minimum absolute atomic E-state index is 0.0436. The highest BCUT2D eigenvalue weighted by Gasteiger charge is 2.40. The molecule has 3 amide bonds. The molecule has 3 unspecified atom stereocenters. The molecule has 3 atom stereocenters. The monoisotopic (exact) mass is 562 g/mol. The number of likely N-dealkylation sites (tertiary alicyclic amines) is 1. The maximum atomic E-state index is 13.2. The van der Waals surface area contributed by atoms with Crippen molar-refractivity contribution in [3.05, 3.63) is 71.8 Å². The van der Waals surface area contributed by atoms with Crippen molar-refractivity contribution in [2.24, 2.45) is 5.92 Å². The van der Waals surface area contributed by atoms with E-state index < -0.39 is 5.60 Å². The van der Waals surface area contributed by atoms with Crippen LogP contribution < -0.4 is 5.32 Å². The molecule has 0 bridgehead atoms. The second kappa shape index (κ2) is 14.2. The molecule has 1 heterocycles. The van der Waals surface area contributed by atoms with Crippen LogP contribution in [-0.2, 0) is 11.3 Å². The van der Waals surface area contributed by atoms with Gasteiger partial charge < -0.3 is 24.8 Å². The zero-order chi connectivity index (χ0) is 29.4. The molecule has 1 aliphatic carbocycles. The van der Waals surface area contributed by atoms with Gasteiger partial charge in [0.05, 0.1) is 0 Å². The minimum Gasteiger partial charge on any atom is -0.444 e. The molecule has 1 N–H and O–H groups in total. The molecule has 2 aromatic rings. The number of nitrogens with zero attached hydrogens (tertiary/aromatic N) is 3. The number of carbonyl (C=O) groups is 2. The Morgan fingerprint density at radius 3 is 2.20 bits per heavy atom. The first-order chi connectivity index (χ1) is 19.6. The first kappa shape index (κ1) is 30.9. The number of carbonyl (C=O) groups excluding carboxylic acids is 2. The zero-order valence-electron chi connectivity index (χ0n) is 25.7. The lowest BCUT2D eigenvalue weighted by Gasteiger charge is -2.39. The third-order valence-corrected chi connectivity index (χ3v) is 8.63. The van der Waals surface area contributed by atoms with Crippen molar-refractivity contribution in [3.8, 4) is 0 Å². The van der Waals surface area contributed by atoms with Crippen molar-refractivity contribution in [1.82, 2.24) is 20.0 Å². The summed E-state index contributed by atoms with van der Waals surface area (Å²) in [6.45, 7) is 12.2. The largest absolute Gasteiger partial charge is 0.444 e. The lowest BCUT2D eigenvalue weighted by Crippen LogP contribution is -2.51. The standard InChI is InChI=1S/C34H50N4O3/c1-6-19-38(32(39)35-24-26-13-9-7-10-14-26)29-17-20-37(21-18-29)25-28-22-30(36(5)33(40)41-34(2,3)4)23-31(28)27-15-11-8-12-16-27/h7-16,28-31H,6,17-25H2,1-5H3,(H,35,39). The van der Waals surface area contributed by atoms with Gasteiger partial charge in [-0.15, -0.1) is 0 Å². The fourth-order valence-corrected chi connectivity index (χ4v) is 6.52. The first-order valence-electron chi connectivity index (χ1n) is 15.5. The predicted molar refractivity (Wildman–Crippen MR) is 165 cm³/mol. The molecule has 41 heavy (non-hydrogen) atoms. The Morgan fingerprint density at radius 1 is 0.951 bits per heavy atom. The summed E-state index contributed by atoms with van der Waals surface area (Å²) in [5, 5.41) is 3.14. The van der Waals surface area contributed by atoms with E-state index in [4.69, 9.17) is 4.74 Å². The summed E-state index contributed by atoms with van der Waals surface area (Å²) in [6.07, 6.45) is 4.61. The first-order valence-corrected chi connectivity index (χ1v) is 15.5. The van der Waals surface area contributed by atoms with Crippen molar-refractivity contribution in [2.45, 2.75) is 89.9 Å². The van der Waals surface area contributed by atoms with Gasteiger partial charge in [0, 0.05) is 51.9 Å². The highest BCUT2D eigenvalue weighted by atomic mass is 16.6. The summed E-state index contributed by atoms with van der Waals surface area (Å²) in [5.74, 6) is 0.869. The van der Waals surface area contributed by atoms with E-state index in [0.717, 1.165) is 63.8 Å². The molecule has 2 fully saturated rings. The molecule has 1 saturated heterocycles. The maximum absolute atomic E-state index is 13.2. The lowest BCUT2D eigenvalue weighted by atomic mass is 9.88. The van der Waals surface area contributed by atoms with Crippen LogP contribution in [0.3, 0.4) is 0 Å². The van der Waals surface area contributed by atoms with Crippen LogP contribution in [0.4, 0.5) is 9.59 Å². The Morgan fingerprint density at radius 2 is 1.59 bits per heavy atom. The third kappa shape index (κ3) is 8.71. The van der Waals surface area contributed by atoms with E-state index in [9.17, 15) is 9.59 Å². The van der Waals surface area contributed by atoms with Gasteiger partial charge in [0.15, 0.2) is 0 Å². The van der Waals surface area contributed by atoms with E-state index in [1.54, 1.807) is 0 Å². The highest BCUT2D eigenvalue weighted by Crippen LogP contribution is 2.42. The average Bonchev–Trinajstić information content (AvgIpc) is 3.38. The van der Waals surface area contributed by atoms with Gasteiger partial charge in [-0.25, -0.2) is 9.59 Å². The van der Waals surface area contributed by atoms with E-state index >= 15 is 0 Å². The Balaban J connectivity index is 1.35. The van der Waals surface area contributed by atoms with Crippen LogP contribution in [0.15, 0.2) is 60.7 Å². The second-order valence-electron chi connectivity index (χ2n) is 12.9. The fraction of sp³-hybridized carbons (Fsp3) is 0.588. The SMILES string of the molecule is CCCN(C(=O)NCc1ccccc1)C1CCN(CC2CC(N(C)C(=O)OC(C)(C)C)CC2c2ccccc2)CC1. The van der Waals surface area contributed by atoms with Crippen LogP contribution in [0.1, 0.15) is 76.8 Å².